The van der Waals surface area contributed by atoms with Crippen LogP contribution in [0.15, 0.2) is 36.4 Å². The van der Waals surface area contributed by atoms with Crippen LogP contribution >= 0.6 is 0 Å². The number of aryl methyl sites for hydroxylation is 1. The minimum atomic E-state index is -0.794. The van der Waals surface area contributed by atoms with E-state index in [1.807, 2.05) is 11.0 Å². The van der Waals surface area contributed by atoms with Gasteiger partial charge in [-0.2, -0.15) is 0 Å². The van der Waals surface area contributed by atoms with Crippen molar-refractivity contribution in [3.05, 3.63) is 42.0 Å². The molecule has 0 aromatic heterocycles. The van der Waals surface area contributed by atoms with Gasteiger partial charge in [-0.15, -0.1) is 0 Å². The van der Waals surface area contributed by atoms with Gasteiger partial charge in [0.15, 0.2) is 11.5 Å². The molecule has 2 N–H and O–H groups in total. The minimum absolute atomic E-state index is 0.127. The smallest absolute Gasteiger partial charge is 0.314 e. The number of benzene rings is 2. The summed E-state index contributed by atoms with van der Waals surface area (Å²) in [5.74, 6) is -0.192. The molecule has 2 aromatic carbocycles. The molecule has 30 heavy (non-hydrogen) atoms. The number of hydrogen-bond acceptors (Lipinski definition) is 5. The summed E-state index contributed by atoms with van der Waals surface area (Å²) in [5.41, 5.74) is 2.83. The lowest BCUT2D eigenvalue weighted by Crippen LogP contribution is -2.36. The van der Waals surface area contributed by atoms with E-state index >= 15 is 0 Å². The van der Waals surface area contributed by atoms with Gasteiger partial charge in [0.1, 0.15) is 0 Å². The average Bonchev–Trinajstić information content (AvgIpc) is 3.50. The van der Waals surface area contributed by atoms with E-state index in [9.17, 15) is 14.4 Å². The molecule has 154 valence electrons. The highest BCUT2D eigenvalue weighted by Crippen LogP contribution is 2.37. The largest absolute Gasteiger partial charge is 0.454 e. The van der Waals surface area contributed by atoms with Gasteiger partial charge in [0, 0.05) is 35.6 Å². The van der Waals surface area contributed by atoms with Gasteiger partial charge in [-0.05, 0) is 55.5 Å². The van der Waals surface area contributed by atoms with Crippen LogP contribution in [0.4, 0.5) is 17.1 Å². The molecule has 3 aliphatic rings. The molecular weight excluding hydrogens is 386 g/mol. The van der Waals surface area contributed by atoms with Crippen LogP contribution in [0.1, 0.15) is 24.8 Å². The SMILES string of the molecule is O=C(Nc1ccc2c(c1)OCO2)C(=O)Nc1ccc2c(c1)N(C(=O)C1CC1)CCC2. The molecule has 0 radical (unpaired) electrons. The Kier molecular flexibility index (Phi) is 4.54. The molecule has 1 aliphatic carbocycles. The van der Waals surface area contributed by atoms with E-state index in [0.717, 1.165) is 36.9 Å². The summed E-state index contributed by atoms with van der Waals surface area (Å²) < 4.78 is 10.5. The Morgan fingerprint density at radius 1 is 0.900 bits per heavy atom. The lowest BCUT2D eigenvalue weighted by Gasteiger charge is -2.30. The zero-order valence-electron chi connectivity index (χ0n) is 16.3. The standard InChI is InChI=1S/C22H21N3O5/c26-20(21(27)24-16-7-8-18-19(11-16)30-12-29-18)23-15-6-5-13-2-1-9-25(17(13)10-15)22(28)14-3-4-14/h5-8,10-11,14H,1-4,9,12H2,(H,23,26)(H,24,27). The first-order valence-corrected chi connectivity index (χ1v) is 10.0. The molecule has 0 bridgehead atoms. The molecule has 2 aromatic rings. The van der Waals surface area contributed by atoms with Gasteiger partial charge >= 0.3 is 11.8 Å². The summed E-state index contributed by atoms with van der Waals surface area (Å²) >= 11 is 0. The van der Waals surface area contributed by atoms with E-state index in [-0.39, 0.29) is 18.6 Å². The number of fused-ring (bicyclic) bond motifs is 2. The zero-order valence-corrected chi connectivity index (χ0v) is 16.3. The number of rotatable bonds is 3. The number of hydrogen-bond donors (Lipinski definition) is 2. The maximum atomic E-state index is 12.6. The predicted octanol–water partition coefficient (Wildman–Crippen LogP) is 2.68. The lowest BCUT2D eigenvalue weighted by molar-refractivity contribution is -0.132. The summed E-state index contributed by atoms with van der Waals surface area (Å²) in [6.07, 6.45) is 3.71. The zero-order chi connectivity index (χ0) is 20.7. The van der Waals surface area contributed by atoms with E-state index in [4.69, 9.17) is 9.47 Å². The van der Waals surface area contributed by atoms with Gasteiger partial charge in [-0.1, -0.05) is 6.07 Å². The Bertz CT molecular complexity index is 1050. The fourth-order valence-electron chi connectivity index (χ4n) is 3.78. The van der Waals surface area contributed by atoms with Gasteiger partial charge in [0.2, 0.25) is 12.7 Å². The van der Waals surface area contributed by atoms with Crippen molar-refractivity contribution in [2.45, 2.75) is 25.7 Å². The topological polar surface area (TPSA) is 97.0 Å². The average molecular weight is 407 g/mol. The molecule has 3 amide bonds. The second-order valence-corrected chi connectivity index (χ2v) is 7.69. The molecular formula is C22H21N3O5. The summed E-state index contributed by atoms with van der Waals surface area (Å²) in [7, 11) is 0. The number of amides is 3. The van der Waals surface area contributed by atoms with Crippen LogP contribution in [0.25, 0.3) is 0 Å². The third-order valence-electron chi connectivity index (χ3n) is 5.49. The maximum absolute atomic E-state index is 12.6. The molecule has 1 saturated carbocycles. The van der Waals surface area contributed by atoms with Crippen LogP contribution in [0, 0.1) is 5.92 Å². The van der Waals surface area contributed by atoms with Crippen molar-refractivity contribution in [3.63, 3.8) is 0 Å². The first kappa shape index (κ1) is 18.5. The van der Waals surface area contributed by atoms with E-state index < -0.39 is 11.8 Å². The number of anilines is 3. The predicted molar refractivity (Wildman–Crippen MR) is 110 cm³/mol. The van der Waals surface area contributed by atoms with Gasteiger partial charge in [0.25, 0.3) is 0 Å². The van der Waals surface area contributed by atoms with Crippen molar-refractivity contribution in [2.24, 2.45) is 5.92 Å². The molecule has 0 atom stereocenters. The molecule has 2 aliphatic heterocycles. The van der Waals surface area contributed by atoms with Crippen molar-refractivity contribution >= 4 is 34.8 Å². The van der Waals surface area contributed by atoms with Gasteiger partial charge < -0.3 is 25.0 Å². The molecule has 8 nitrogen and oxygen atoms in total. The highest BCUT2D eigenvalue weighted by atomic mass is 16.7. The third kappa shape index (κ3) is 3.56. The van der Waals surface area contributed by atoms with Gasteiger partial charge in [-0.25, -0.2) is 0 Å². The summed E-state index contributed by atoms with van der Waals surface area (Å²) in [6, 6.07) is 10.4. The third-order valence-corrected chi connectivity index (χ3v) is 5.49. The van der Waals surface area contributed by atoms with E-state index in [2.05, 4.69) is 10.6 Å². The summed E-state index contributed by atoms with van der Waals surface area (Å²) in [4.78, 5) is 39.1. The molecule has 1 fully saturated rings. The van der Waals surface area contributed by atoms with Crippen LogP contribution in [-0.4, -0.2) is 31.1 Å². The lowest BCUT2D eigenvalue weighted by atomic mass is 10.0. The second kappa shape index (κ2) is 7.37. The first-order chi connectivity index (χ1) is 14.6. The fraction of sp³-hybridized carbons (Fsp3) is 0.318. The normalized spacial score (nSPS) is 16.6. The molecule has 0 saturated heterocycles. The highest BCUT2D eigenvalue weighted by Gasteiger charge is 2.35. The van der Waals surface area contributed by atoms with Crippen molar-refractivity contribution in [2.75, 3.05) is 28.9 Å². The molecule has 5 rings (SSSR count). The van der Waals surface area contributed by atoms with Crippen LogP contribution in [0.5, 0.6) is 11.5 Å². The Balaban J connectivity index is 1.28. The van der Waals surface area contributed by atoms with Crippen LogP contribution < -0.4 is 25.0 Å². The van der Waals surface area contributed by atoms with Crippen LogP contribution in [0.3, 0.4) is 0 Å². The number of nitrogens with zero attached hydrogens (tertiary/aromatic N) is 1. The van der Waals surface area contributed by atoms with E-state index in [1.54, 1.807) is 30.3 Å². The Morgan fingerprint density at radius 3 is 2.37 bits per heavy atom. The van der Waals surface area contributed by atoms with Crippen LogP contribution in [-0.2, 0) is 20.8 Å². The minimum Gasteiger partial charge on any atom is -0.454 e. The molecule has 0 unspecified atom stereocenters. The van der Waals surface area contributed by atoms with Crippen molar-refractivity contribution in [1.29, 1.82) is 0 Å². The number of ether oxygens (including phenoxy) is 2. The van der Waals surface area contributed by atoms with Crippen molar-refractivity contribution in [3.8, 4) is 11.5 Å². The Labute approximate surface area is 173 Å². The van der Waals surface area contributed by atoms with Crippen molar-refractivity contribution < 1.29 is 23.9 Å². The quantitative estimate of drug-likeness (QED) is 0.763. The van der Waals surface area contributed by atoms with Gasteiger partial charge in [0.05, 0.1) is 0 Å². The Morgan fingerprint density at radius 2 is 1.60 bits per heavy atom. The van der Waals surface area contributed by atoms with Crippen molar-refractivity contribution in [1.82, 2.24) is 0 Å². The first-order valence-electron chi connectivity index (χ1n) is 10.0. The summed E-state index contributed by atoms with van der Waals surface area (Å²) in [6.45, 7) is 0.816. The number of carbonyl (C=O) groups excluding carboxylic acids is 3. The highest BCUT2D eigenvalue weighted by molar-refractivity contribution is 6.43. The number of carbonyl (C=O) groups is 3. The molecule has 0 spiro atoms. The maximum Gasteiger partial charge on any atom is 0.314 e. The van der Waals surface area contributed by atoms with Crippen LogP contribution in [0.2, 0.25) is 0 Å². The fourth-order valence-corrected chi connectivity index (χ4v) is 3.78. The Hall–Kier alpha value is -3.55. The van der Waals surface area contributed by atoms with Gasteiger partial charge in [-0.3, -0.25) is 14.4 Å². The monoisotopic (exact) mass is 407 g/mol. The second-order valence-electron chi connectivity index (χ2n) is 7.69. The molecule has 8 heteroatoms. The van der Waals surface area contributed by atoms with E-state index in [1.165, 1.54) is 0 Å². The summed E-state index contributed by atoms with van der Waals surface area (Å²) in [5, 5.41) is 5.18. The van der Waals surface area contributed by atoms with E-state index in [0.29, 0.717) is 29.4 Å². The molecule has 2 heterocycles. The number of nitrogens with one attached hydrogen (secondary N) is 2.